The molecule has 2 saturated heterocycles. The second-order valence-electron chi connectivity index (χ2n) is 8.87. The van der Waals surface area contributed by atoms with E-state index in [1.807, 2.05) is 44.0 Å². The Morgan fingerprint density at radius 1 is 1.31 bits per heavy atom. The van der Waals surface area contributed by atoms with Gasteiger partial charge in [0, 0.05) is 44.7 Å². The van der Waals surface area contributed by atoms with Crippen molar-refractivity contribution in [3.63, 3.8) is 0 Å². The van der Waals surface area contributed by atoms with Crippen LogP contribution in [0.1, 0.15) is 45.1 Å². The van der Waals surface area contributed by atoms with E-state index in [9.17, 15) is 13.6 Å². The van der Waals surface area contributed by atoms with E-state index in [4.69, 9.17) is 4.74 Å². The van der Waals surface area contributed by atoms with Crippen LogP contribution in [-0.2, 0) is 4.74 Å². The van der Waals surface area contributed by atoms with Gasteiger partial charge in [-0.15, -0.1) is 0 Å². The lowest BCUT2D eigenvalue weighted by molar-refractivity contribution is 0.00816. The Kier molecular flexibility index (Phi) is 3.72. The largest absolute Gasteiger partial charge is 0.444 e. The number of rotatable bonds is 2. The average molecular weight is 365 g/mol. The third-order valence-corrected chi connectivity index (χ3v) is 5.66. The minimum atomic E-state index is -2.50. The number of amides is 1. The molecule has 1 aliphatic carbocycles. The van der Waals surface area contributed by atoms with Gasteiger partial charge in [0.05, 0.1) is 5.41 Å². The first-order valence-electron chi connectivity index (χ1n) is 9.15. The van der Waals surface area contributed by atoms with E-state index in [1.165, 1.54) is 0 Å². The second kappa shape index (κ2) is 5.54. The molecule has 142 valence electrons. The Morgan fingerprint density at radius 2 is 2.00 bits per heavy atom. The second-order valence-corrected chi connectivity index (χ2v) is 8.87. The highest BCUT2D eigenvalue weighted by molar-refractivity contribution is 5.69. The molecule has 1 spiro atoms. The van der Waals surface area contributed by atoms with Crippen LogP contribution < -0.4 is 4.90 Å². The molecule has 0 bridgehead atoms. The first-order chi connectivity index (χ1) is 12.1. The zero-order valence-electron chi connectivity index (χ0n) is 15.5. The van der Waals surface area contributed by atoms with Gasteiger partial charge in [-0.1, -0.05) is 6.07 Å². The Morgan fingerprint density at radius 3 is 2.50 bits per heavy atom. The summed E-state index contributed by atoms with van der Waals surface area (Å²) in [6, 6.07) is 3.90. The van der Waals surface area contributed by atoms with E-state index in [1.54, 1.807) is 4.90 Å². The summed E-state index contributed by atoms with van der Waals surface area (Å²) in [4.78, 5) is 20.1. The minimum absolute atomic E-state index is 0.0111. The third kappa shape index (κ3) is 3.01. The summed E-state index contributed by atoms with van der Waals surface area (Å²) >= 11 is 0. The smallest absolute Gasteiger partial charge is 0.410 e. The van der Waals surface area contributed by atoms with Gasteiger partial charge in [-0.25, -0.2) is 18.6 Å². The van der Waals surface area contributed by atoms with Crippen molar-refractivity contribution in [3.8, 4) is 0 Å². The summed E-state index contributed by atoms with van der Waals surface area (Å²) in [6.45, 7) is 7.82. The Balaban J connectivity index is 1.32. The topological polar surface area (TPSA) is 45.7 Å². The van der Waals surface area contributed by atoms with Crippen LogP contribution in [-0.4, -0.2) is 53.7 Å². The Hall–Kier alpha value is -1.92. The van der Waals surface area contributed by atoms with E-state index in [0.29, 0.717) is 32.6 Å². The van der Waals surface area contributed by atoms with E-state index in [2.05, 4.69) is 4.98 Å². The van der Waals surface area contributed by atoms with Crippen LogP contribution in [0.4, 0.5) is 19.4 Å². The molecule has 26 heavy (non-hydrogen) atoms. The van der Waals surface area contributed by atoms with Crippen molar-refractivity contribution >= 4 is 11.9 Å². The number of alkyl halides is 2. The van der Waals surface area contributed by atoms with Crippen molar-refractivity contribution < 1.29 is 18.3 Å². The van der Waals surface area contributed by atoms with Crippen molar-refractivity contribution in [1.82, 2.24) is 9.88 Å². The number of aromatic nitrogens is 1. The van der Waals surface area contributed by atoms with Gasteiger partial charge in [0.2, 0.25) is 0 Å². The van der Waals surface area contributed by atoms with Crippen LogP contribution in [0.25, 0.3) is 0 Å². The number of halogens is 2. The predicted molar refractivity (Wildman–Crippen MR) is 93.6 cm³/mol. The van der Waals surface area contributed by atoms with E-state index in [-0.39, 0.29) is 18.4 Å². The lowest BCUT2D eigenvalue weighted by Crippen LogP contribution is -2.50. The molecule has 1 atom stereocenters. The maximum absolute atomic E-state index is 13.5. The highest BCUT2D eigenvalue weighted by atomic mass is 19.3. The summed E-state index contributed by atoms with van der Waals surface area (Å²) in [7, 11) is 0. The summed E-state index contributed by atoms with van der Waals surface area (Å²) in [5.74, 6) is -1.49. The molecule has 1 saturated carbocycles. The van der Waals surface area contributed by atoms with Crippen LogP contribution >= 0.6 is 0 Å². The van der Waals surface area contributed by atoms with Crippen LogP contribution in [0.15, 0.2) is 18.3 Å². The molecule has 7 heteroatoms. The van der Waals surface area contributed by atoms with Gasteiger partial charge in [-0.2, -0.15) is 0 Å². The number of hydrogen-bond acceptors (Lipinski definition) is 4. The fourth-order valence-corrected chi connectivity index (χ4v) is 3.88. The molecule has 3 fully saturated rings. The molecule has 3 heterocycles. The van der Waals surface area contributed by atoms with Crippen molar-refractivity contribution in [2.45, 2.75) is 51.1 Å². The summed E-state index contributed by atoms with van der Waals surface area (Å²) in [5, 5.41) is 0. The van der Waals surface area contributed by atoms with E-state index < -0.39 is 16.9 Å². The fraction of sp³-hybridized carbons (Fsp3) is 0.684. The molecule has 2 aliphatic heterocycles. The number of carbonyl (C=O) groups excluding carboxylic acids is 1. The highest BCUT2D eigenvalue weighted by Crippen LogP contribution is 2.65. The molecule has 0 aromatic carbocycles. The first kappa shape index (κ1) is 17.5. The normalized spacial score (nSPS) is 27.6. The van der Waals surface area contributed by atoms with Crippen LogP contribution in [0.3, 0.4) is 0 Å². The summed E-state index contributed by atoms with van der Waals surface area (Å²) < 4.78 is 32.4. The molecule has 3 aliphatic rings. The van der Waals surface area contributed by atoms with Gasteiger partial charge in [-0.3, -0.25) is 0 Å². The van der Waals surface area contributed by atoms with Crippen LogP contribution in [0.5, 0.6) is 0 Å². The first-order valence-corrected chi connectivity index (χ1v) is 9.15. The van der Waals surface area contributed by atoms with E-state index >= 15 is 0 Å². The standard InChI is InChI=1S/C19H25F2N3O2/c1-17(2,3)26-16(25)24-9-14(10-24)13-4-5-15(22-8-13)23-7-6-18(12-23)11-19(18,20)21/h4-5,8,14H,6-7,9-12H2,1-3H3. The van der Waals surface area contributed by atoms with Gasteiger partial charge in [0.25, 0.3) is 5.92 Å². The van der Waals surface area contributed by atoms with Crippen LogP contribution in [0.2, 0.25) is 0 Å². The summed E-state index contributed by atoms with van der Waals surface area (Å²) in [6.07, 6.45) is 2.07. The number of anilines is 1. The number of ether oxygens (including phenoxy) is 1. The van der Waals surface area contributed by atoms with Gasteiger partial charge in [-0.05, 0) is 38.8 Å². The molecular formula is C19H25F2N3O2. The van der Waals surface area contributed by atoms with E-state index in [0.717, 1.165) is 11.4 Å². The van der Waals surface area contributed by atoms with Gasteiger partial charge >= 0.3 is 6.09 Å². The molecule has 5 nitrogen and oxygen atoms in total. The van der Waals surface area contributed by atoms with Crippen molar-refractivity contribution in [2.75, 3.05) is 31.1 Å². The molecule has 0 N–H and O–H groups in total. The molecular weight excluding hydrogens is 340 g/mol. The molecule has 1 amide bonds. The van der Waals surface area contributed by atoms with Gasteiger partial charge < -0.3 is 14.5 Å². The van der Waals surface area contributed by atoms with Crippen molar-refractivity contribution in [2.24, 2.45) is 5.41 Å². The maximum atomic E-state index is 13.5. The molecule has 4 rings (SSSR count). The number of hydrogen-bond donors (Lipinski definition) is 0. The lowest BCUT2D eigenvalue weighted by Gasteiger charge is -2.40. The van der Waals surface area contributed by atoms with Gasteiger partial charge in [0.1, 0.15) is 11.4 Å². The number of nitrogens with zero attached hydrogens (tertiary/aromatic N) is 3. The molecule has 1 aromatic heterocycles. The third-order valence-electron chi connectivity index (χ3n) is 5.66. The average Bonchev–Trinajstić information content (AvgIpc) is 2.82. The Labute approximate surface area is 152 Å². The van der Waals surface area contributed by atoms with Gasteiger partial charge in [0.15, 0.2) is 0 Å². The summed E-state index contributed by atoms with van der Waals surface area (Å²) in [5.41, 5.74) is -0.231. The molecule has 1 unspecified atom stereocenters. The zero-order valence-corrected chi connectivity index (χ0v) is 15.5. The monoisotopic (exact) mass is 365 g/mol. The minimum Gasteiger partial charge on any atom is -0.444 e. The van der Waals surface area contributed by atoms with Crippen LogP contribution in [0, 0.1) is 5.41 Å². The molecule has 0 radical (unpaired) electrons. The number of pyridine rings is 1. The maximum Gasteiger partial charge on any atom is 0.410 e. The highest BCUT2D eigenvalue weighted by Gasteiger charge is 2.72. The number of carbonyl (C=O) groups is 1. The predicted octanol–water partition coefficient (Wildman–Crippen LogP) is 3.65. The van der Waals surface area contributed by atoms with Crippen molar-refractivity contribution in [1.29, 1.82) is 0 Å². The molecule has 1 aromatic rings. The Bertz CT molecular complexity index is 710. The lowest BCUT2D eigenvalue weighted by atomic mass is 9.93. The van der Waals surface area contributed by atoms with Crippen molar-refractivity contribution in [3.05, 3.63) is 23.9 Å². The SMILES string of the molecule is CC(C)(C)OC(=O)N1CC(c2ccc(N3CCC4(C3)CC4(F)F)nc2)C1. The number of likely N-dealkylation sites (tertiary alicyclic amines) is 1. The quantitative estimate of drug-likeness (QED) is 0.803. The fourth-order valence-electron chi connectivity index (χ4n) is 3.88. The zero-order chi connectivity index (χ0) is 18.7.